The second-order valence-electron chi connectivity index (χ2n) is 14.3. The highest BCUT2D eigenvalue weighted by atomic mass is 79.9. The van der Waals surface area contributed by atoms with Gasteiger partial charge in [0.05, 0.1) is 58.1 Å². The maximum absolute atomic E-state index is 13.2. The normalized spacial score (nSPS) is 14.5. The zero-order chi connectivity index (χ0) is 49.1. The van der Waals surface area contributed by atoms with Crippen LogP contribution in [0.3, 0.4) is 0 Å². The molecular weight excluding hydrogens is 1060 g/mol. The van der Waals surface area contributed by atoms with Crippen LogP contribution in [0.5, 0.6) is 11.5 Å². The van der Waals surface area contributed by atoms with Crippen LogP contribution in [0.15, 0.2) is 36.4 Å². The van der Waals surface area contributed by atoms with E-state index >= 15 is 0 Å². The van der Waals surface area contributed by atoms with Crippen LogP contribution in [0.2, 0.25) is 20.1 Å². The molecule has 2 fully saturated rings. The fraction of sp³-hybridized carbons (Fsp3) is 0.487. The van der Waals surface area contributed by atoms with Crippen molar-refractivity contribution in [2.24, 2.45) is 0 Å². The lowest BCUT2D eigenvalue weighted by atomic mass is 10.2. The number of halogens is 11. The average molecular weight is 1110 g/mol. The summed E-state index contributed by atoms with van der Waals surface area (Å²) in [5, 5.41) is 9.88. The van der Waals surface area contributed by atoms with E-state index in [1.807, 2.05) is 29.2 Å². The van der Waals surface area contributed by atoms with Gasteiger partial charge >= 0.3 is 18.3 Å². The number of methoxy groups -OCH3 is 2. The fourth-order valence-electron chi connectivity index (χ4n) is 6.47. The van der Waals surface area contributed by atoms with Gasteiger partial charge in [-0.15, -0.1) is 0 Å². The molecule has 4 heterocycles. The maximum atomic E-state index is 13.2. The van der Waals surface area contributed by atoms with Gasteiger partial charge in [0, 0.05) is 87.5 Å². The van der Waals surface area contributed by atoms with Gasteiger partial charge in [-0.3, -0.25) is 19.0 Å². The van der Waals surface area contributed by atoms with Crippen molar-refractivity contribution in [2.75, 3.05) is 89.2 Å². The Labute approximate surface area is 405 Å². The Bertz CT molecular complexity index is 2410. The largest absolute Gasteiger partial charge is 0.495 e. The summed E-state index contributed by atoms with van der Waals surface area (Å²) < 4.78 is 117. The van der Waals surface area contributed by atoms with Crippen molar-refractivity contribution in [1.82, 2.24) is 29.8 Å². The number of amides is 1. The number of ether oxygens (including phenoxy) is 3. The van der Waals surface area contributed by atoms with Crippen LogP contribution in [0, 0.1) is 0 Å². The number of hydrogen-bond acceptors (Lipinski definition) is 12. The van der Waals surface area contributed by atoms with Gasteiger partial charge in [0.25, 0.3) is 0 Å². The van der Waals surface area contributed by atoms with Crippen molar-refractivity contribution in [2.45, 2.75) is 43.4 Å². The number of nitrogens with zero attached hydrogens (tertiary/aromatic N) is 7. The Kier molecular flexibility index (Phi) is 19.8. The third kappa shape index (κ3) is 15.1. The summed E-state index contributed by atoms with van der Waals surface area (Å²) in [5.74, 6) is -0.678. The van der Waals surface area contributed by atoms with Crippen LogP contribution in [0.4, 0.5) is 37.7 Å². The van der Waals surface area contributed by atoms with Crippen molar-refractivity contribution in [1.29, 1.82) is 0 Å². The van der Waals surface area contributed by atoms with E-state index < -0.39 is 74.3 Å². The standard InChI is InChI=1S/C19H21Cl2F3N4O4S.C11H15ClN2O.C9H9BrClF3N2O2/c1-32-15-9-12(3-4-13(15)20)26-5-7-27(8-6-26)16(29)10-28-14(11-33(2,30)31)17(21)18(25-28)19(22,23)24;1-15-11-8-9(2-3-10(11)12)14-6-4-13-5-7-14;1-2-18-6(17)4-16-5(3-10)7(11)8(15-16)9(12,13)14/h3-4,9H,5-8,10-11H2,1-2H3;2-3,8,13H,4-7H2,1H3;2-4H2,1H3. The average Bonchev–Trinajstić information content (AvgIpc) is 3.75. The minimum absolute atomic E-state index is 0.0499. The predicted molar refractivity (Wildman–Crippen MR) is 242 cm³/mol. The van der Waals surface area contributed by atoms with Gasteiger partial charge in [0.15, 0.2) is 21.2 Å². The molecule has 2 saturated heterocycles. The Balaban J connectivity index is 0.000000241. The van der Waals surface area contributed by atoms with E-state index in [1.165, 1.54) is 17.7 Å². The molecule has 366 valence electrons. The second-order valence-corrected chi connectivity index (χ2v) is 18.6. The molecule has 0 unspecified atom stereocenters. The van der Waals surface area contributed by atoms with Gasteiger partial charge < -0.3 is 34.2 Å². The van der Waals surface area contributed by atoms with Crippen molar-refractivity contribution < 1.29 is 58.6 Å². The molecule has 0 atom stereocenters. The Hall–Kier alpha value is -3.87. The highest BCUT2D eigenvalue weighted by molar-refractivity contribution is 9.08. The number of carbonyl (C=O) groups is 2. The molecule has 1 amide bonds. The van der Waals surface area contributed by atoms with Crippen LogP contribution >= 0.6 is 62.3 Å². The molecule has 0 bridgehead atoms. The Morgan fingerprint density at radius 1 is 0.742 bits per heavy atom. The number of benzene rings is 2. The summed E-state index contributed by atoms with van der Waals surface area (Å²) in [6, 6.07) is 11.2. The third-order valence-electron chi connectivity index (χ3n) is 9.67. The van der Waals surface area contributed by atoms with Crippen molar-refractivity contribution in [3.8, 4) is 11.5 Å². The lowest BCUT2D eigenvalue weighted by Crippen LogP contribution is -2.49. The van der Waals surface area contributed by atoms with Gasteiger partial charge in [0.1, 0.15) is 24.6 Å². The van der Waals surface area contributed by atoms with Gasteiger partial charge in [-0.2, -0.15) is 36.5 Å². The number of rotatable bonds is 12. The molecule has 0 spiro atoms. The molecule has 15 nitrogen and oxygen atoms in total. The molecular formula is C39H45BrCl4F6N8O7S. The first-order valence-electron chi connectivity index (χ1n) is 19.6. The van der Waals surface area contributed by atoms with Crippen LogP contribution in [-0.4, -0.2) is 124 Å². The minimum atomic E-state index is -4.89. The Morgan fingerprint density at radius 2 is 1.20 bits per heavy atom. The van der Waals surface area contributed by atoms with Gasteiger partial charge in [-0.05, 0) is 31.2 Å². The molecule has 4 aromatic rings. The molecule has 27 heteroatoms. The van der Waals surface area contributed by atoms with E-state index in [0.29, 0.717) is 42.0 Å². The summed E-state index contributed by atoms with van der Waals surface area (Å²) in [6.45, 7) is 6.47. The summed E-state index contributed by atoms with van der Waals surface area (Å²) in [5.41, 5.74) is -0.881. The van der Waals surface area contributed by atoms with Gasteiger partial charge in [-0.1, -0.05) is 62.3 Å². The van der Waals surface area contributed by atoms with Crippen molar-refractivity contribution >= 4 is 95.4 Å². The molecule has 0 saturated carbocycles. The van der Waals surface area contributed by atoms with Crippen LogP contribution in [0.25, 0.3) is 0 Å². The van der Waals surface area contributed by atoms with Crippen LogP contribution in [-0.2, 0) is 60.7 Å². The number of esters is 1. The molecule has 2 aliphatic rings. The molecule has 0 aliphatic carbocycles. The zero-order valence-electron chi connectivity index (χ0n) is 35.7. The molecule has 2 aliphatic heterocycles. The van der Waals surface area contributed by atoms with E-state index in [0.717, 1.165) is 53.2 Å². The minimum Gasteiger partial charge on any atom is -0.495 e. The third-order valence-corrected chi connectivity index (χ3v) is 12.4. The van der Waals surface area contributed by atoms with E-state index in [9.17, 15) is 44.3 Å². The van der Waals surface area contributed by atoms with Crippen LogP contribution in [0.1, 0.15) is 29.7 Å². The number of aromatic nitrogens is 4. The predicted octanol–water partition coefficient (Wildman–Crippen LogP) is 7.88. The summed E-state index contributed by atoms with van der Waals surface area (Å²) in [7, 11) is -0.579. The lowest BCUT2D eigenvalue weighted by Gasteiger charge is -2.36. The SMILES string of the molecule is CCOC(=O)Cn1nc(C(F)(F)F)c(Cl)c1CBr.COc1cc(N2CCN(C(=O)Cn3nc(C(F)(F)F)c(Cl)c3CS(C)(=O)=O)CC2)ccc1Cl.COc1cc(N2CCNCC2)ccc1Cl. The summed E-state index contributed by atoms with van der Waals surface area (Å²) >= 11 is 26.4. The number of piperazine rings is 2. The van der Waals surface area contributed by atoms with E-state index in [2.05, 4.69) is 41.1 Å². The number of alkyl halides is 7. The molecule has 2 aromatic heterocycles. The number of carbonyl (C=O) groups excluding carboxylic acids is 2. The van der Waals surface area contributed by atoms with E-state index in [4.69, 9.17) is 55.9 Å². The van der Waals surface area contributed by atoms with Crippen LogP contribution < -0.4 is 24.6 Å². The monoisotopic (exact) mass is 1100 g/mol. The quantitative estimate of drug-likeness (QED) is 0.0835. The smallest absolute Gasteiger partial charge is 0.436 e. The first kappa shape index (κ1) is 54.7. The highest BCUT2D eigenvalue weighted by Crippen LogP contribution is 2.38. The Morgan fingerprint density at radius 3 is 1.62 bits per heavy atom. The number of hydrogen-bond donors (Lipinski definition) is 1. The van der Waals surface area contributed by atoms with Gasteiger partial charge in [0.2, 0.25) is 5.91 Å². The number of anilines is 2. The number of nitrogens with one attached hydrogen (secondary N) is 1. The first-order valence-corrected chi connectivity index (χ1v) is 24.3. The first-order chi connectivity index (χ1) is 30.9. The van der Waals surface area contributed by atoms with Crippen molar-refractivity contribution in [3.63, 3.8) is 0 Å². The highest BCUT2D eigenvalue weighted by Gasteiger charge is 2.40. The number of sulfone groups is 1. The molecule has 2 aromatic carbocycles. The van der Waals surface area contributed by atoms with Crippen molar-refractivity contribution in [3.05, 3.63) is 79.3 Å². The second kappa shape index (κ2) is 23.9. The van der Waals surface area contributed by atoms with E-state index in [-0.39, 0.29) is 23.3 Å². The van der Waals surface area contributed by atoms with Gasteiger partial charge in [-0.25, -0.2) is 8.42 Å². The lowest BCUT2D eigenvalue weighted by molar-refractivity contribution is -0.146. The maximum Gasteiger partial charge on any atom is 0.436 e. The molecule has 0 radical (unpaired) electrons. The topological polar surface area (TPSA) is 153 Å². The van der Waals surface area contributed by atoms with E-state index in [1.54, 1.807) is 26.2 Å². The molecule has 66 heavy (non-hydrogen) atoms. The zero-order valence-corrected chi connectivity index (χ0v) is 41.1. The molecule has 1 N–H and O–H groups in total. The molecule has 6 rings (SSSR count). The fourth-order valence-corrected chi connectivity index (χ4v) is 9.08. The summed E-state index contributed by atoms with van der Waals surface area (Å²) in [4.78, 5) is 29.8. The summed E-state index contributed by atoms with van der Waals surface area (Å²) in [6.07, 6.45) is -8.68.